The summed E-state index contributed by atoms with van der Waals surface area (Å²) in [7, 11) is 0. The maximum Gasteiger partial charge on any atom is 0.271 e. The summed E-state index contributed by atoms with van der Waals surface area (Å²) in [5.41, 5.74) is 1.37. The Labute approximate surface area is 163 Å². The molecule has 0 fully saturated rings. The van der Waals surface area contributed by atoms with Gasteiger partial charge in [0, 0.05) is 16.6 Å². The van der Waals surface area contributed by atoms with Crippen molar-refractivity contribution in [2.45, 2.75) is 13.1 Å². The number of carbonyl (C=O) groups is 1. The summed E-state index contributed by atoms with van der Waals surface area (Å²) >= 11 is 1.40. The van der Waals surface area contributed by atoms with Gasteiger partial charge in [-0.1, -0.05) is 24.3 Å². The summed E-state index contributed by atoms with van der Waals surface area (Å²) in [6.07, 6.45) is 1.43. The van der Waals surface area contributed by atoms with Gasteiger partial charge in [-0.3, -0.25) is 14.2 Å². The van der Waals surface area contributed by atoms with Crippen LogP contribution in [0.4, 0.5) is 0 Å². The second-order valence-electron chi connectivity index (χ2n) is 6.42. The minimum absolute atomic E-state index is 0.0828. The topological polar surface area (TPSA) is 82.5 Å². The lowest BCUT2D eigenvalue weighted by molar-refractivity contribution is -0.121. The molecule has 4 aromatic rings. The van der Waals surface area contributed by atoms with E-state index >= 15 is 0 Å². The molecule has 0 saturated carbocycles. The molecule has 2 aromatic heterocycles. The highest BCUT2D eigenvalue weighted by Gasteiger charge is 2.15. The van der Waals surface area contributed by atoms with Crippen molar-refractivity contribution in [1.82, 2.24) is 14.9 Å². The molecule has 1 N–H and O–H groups in total. The Kier molecular flexibility index (Phi) is 3.98. The number of nitrogens with zero attached hydrogens (tertiary/aromatic N) is 2. The van der Waals surface area contributed by atoms with Crippen molar-refractivity contribution in [2.24, 2.45) is 0 Å². The molecule has 7 nitrogen and oxygen atoms in total. The first kappa shape index (κ1) is 16.8. The zero-order chi connectivity index (χ0) is 19.1. The number of fused-ring (bicyclic) bond motifs is 4. The number of carbonyl (C=O) groups excluding carboxylic acids is 1. The van der Waals surface area contributed by atoms with E-state index in [9.17, 15) is 9.59 Å². The largest absolute Gasteiger partial charge is 0.454 e. The molecule has 1 amide bonds. The molecule has 0 bridgehead atoms. The molecule has 0 radical (unpaired) electrons. The van der Waals surface area contributed by atoms with E-state index in [0.29, 0.717) is 28.3 Å². The average molecular weight is 393 g/mol. The van der Waals surface area contributed by atoms with Gasteiger partial charge in [-0.25, -0.2) is 4.98 Å². The summed E-state index contributed by atoms with van der Waals surface area (Å²) in [5, 5.41) is 3.78. The number of ether oxygens (including phenoxy) is 2. The maximum atomic E-state index is 12.8. The van der Waals surface area contributed by atoms with Crippen molar-refractivity contribution >= 4 is 37.5 Å². The summed E-state index contributed by atoms with van der Waals surface area (Å²) in [6, 6.07) is 13.3. The number of rotatable bonds is 4. The van der Waals surface area contributed by atoms with Crippen LogP contribution in [0.5, 0.6) is 11.5 Å². The van der Waals surface area contributed by atoms with Crippen molar-refractivity contribution in [2.75, 3.05) is 6.79 Å². The van der Waals surface area contributed by atoms with Crippen molar-refractivity contribution in [3.05, 3.63) is 64.7 Å². The quantitative estimate of drug-likeness (QED) is 0.576. The Bertz CT molecular complexity index is 1280. The van der Waals surface area contributed by atoms with Gasteiger partial charge >= 0.3 is 0 Å². The fourth-order valence-corrected chi connectivity index (χ4v) is 4.30. The number of amides is 1. The van der Waals surface area contributed by atoms with E-state index in [-0.39, 0.29) is 24.8 Å². The minimum Gasteiger partial charge on any atom is -0.454 e. The maximum absolute atomic E-state index is 12.8. The Morgan fingerprint density at radius 2 is 2.04 bits per heavy atom. The Morgan fingerprint density at radius 1 is 1.18 bits per heavy atom. The number of hydrogen-bond acceptors (Lipinski definition) is 6. The van der Waals surface area contributed by atoms with E-state index in [1.165, 1.54) is 22.2 Å². The Hall–Kier alpha value is -3.39. The van der Waals surface area contributed by atoms with E-state index in [1.54, 1.807) is 0 Å². The number of thiophene rings is 1. The van der Waals surface area contributed by atoms with Crippen LogP contribution in [0.2, 0.25) is 0 Å². The van der Waals surface area contributed by atoms with Gasteiger partial charge in [-0.15, -0.1) is 11.3 Å². The lowest BCUT2D eigenvalue weighted by atomic mass is 10.2. The van der Waals surface area contributed by atoms with Crippen molar-refractivity contribution < 1.29 is 14.3 Å². The van der Waals surface area contributed by atoms with E-state index in [2.05, 4.69) is 10.3 Å². The lowest BCUT2D eigenvalue weighted by Crippen LogP contribution is -2.31. The molecule has 5 rings (SSSR count). The van der Waals surface area contributed by atoms with Crippen LogP contribution < -0.4 is 20.3 Å². The van der Waals surface area contributed by atoms with Crippen LogP contribution in [-0.4, -0.2) is 22.3 Å². The van der Waals surface area contributed by atoms with Crippen LogP contribution >= 0.6 is 11.3 Å². The number of benzene rings is 2. The normalized spacial score (nSPS) is 12.6. The van der Waals surface area contributed by atoms with Crippen LogP contribution in [0, 0.1) is 0 Å². The van der Waals surface area contributed by atoms with E-state index < -0.39 is 0 Å². The molecule has 0 unspecified atom stereocenters. The smallest absolute Gasteiger partial charge is 0.271 e. The lowest BCUT2D eigenvalue weighted by Gasteiger charge is -2.08. The van der Waals surface area contributed by atoms with Crippen molar-refractivity contribution in [3.63, 3.8) is 0 Å². The van der Waals surface area contributed by atoms with Crippen molar-refractivity contribution in [3.8, 4) is 11.5 Å². The average Bonchev–Trinajstić information content (AvgIpc) is 3.33. The summed E-state index contributed by atoms with van der Waals surface area (Å²) in [6.45, 7) is 0.463. The molecule has 2 aromatic carbocycles. The second-order valence-corrected chi connectivity index (χ2v) is 7.47. The van der Waals surface area contributed by atoms with Crippen LogP contribution in [-0.2, 0) is 17.9 Å². The predicted molar refractivity (Wildman–Crippen MR) is 106 cm³/mol. The molecule has 3 heterocycles. The first-order chi connectivity index (χ1) is 13.7. The van der Waals surface area contributed by atoms with Crippen molar-refractivity contribution in [1.29, 1.82) is 0 Å². The number of aromatic nitrogens is 2. The third kappa shape index (κ3) is 2.87. The highest BCUT2D eigenvalue weighted by Crippen LogP contribution is 2.32. The molecule has 1 aliphatic heterocycles. The molecular formula is C20H15N3O4S. The third-order valence-electron chi connectivity index (χ3n) is 4.59. The number of hydrogen-bond donors (Lipinski definition) is 1. The SMILES string of the molecule is O=C(Cn1cnc2c(sc3ccccc32)c1=O)NCc1ccc2c(c1)OCO2. The van der Waals surface area contributed by atoms with Gasteiger partial charge in [-0.05, 0) is 23.8 Å². The summed E-state index contributed by atoms with van der Waals surface area (Å²) < 4.78 is 13.5. The van der Waals surface area contributed by atoms with Gasteiger partial charge in [0.05, 0.1) is 11.8 Å². The molecule has 1 aliphatic rings. The van der Waals surface area contributed by atoms with Gasteiger partial charge < -0.3 is 14.8 Å². The fourth-order valence-electron chi connectivity index (χ4n) is 3.19. The van der Waals surface area contributed by atoms with Gasteiger partial charge in [0.25, 0.3) is 5.56 Å². The highest BCUT2D eigenvalue weighted by atomic mass is 32.1. The molecule has 8 heteroatoms. The van der Waals surface area contributed by atoms with Gasteiger partial charge in [0.2, 0.25) is 12.7 Å². The number of nitrogens with one attached hydrogen (secondary N) is 1. The Morgan fingerprint density at radius 3 is 2.96 bits per heavy atom. The molecule has 0 saturated heterocycles. The minimum atomic E-state index is -0.262. The zero-order valence-corrected chi connectivity index (χ0v) is 15.5. The summed E-state index contributed by atoms with van der Waals surface area (Å²) in [4.78, 5) is 29.5. The molecule has 0 spiro atoms. The third-order valence-corrected chi connectivity index (χ3v) is 5.74. The predicted octanol–water partition coefficient (Wildman–Crippen LogP) is 2.66. The molecule has 0 atom stereocenters. The van der Waals surface area contributed by atoms with Crippen LogP contribution in [0.1, 0.15) is 5.56 Å². The van der Waals surface area contributed by atoms with Gasteiger partial charge in [-0.2, -0.15) is 0 Å². The first-order valence-electron chi connectivity index (χ1n) is 8.71. The Balaban J connectivity index is 1.33. The standard InChI is InChI=1S/C20H15N3O4S/c24-17(21-8-12-5-6-14-15(7-12)27-11-26-14)9-23-10-22-18-13-3-1-2-4-16(13)28-19(18)20(23)25/h1-7,10H,8-9,11H2,(H,21,24). The molecular weight excluding hydrogens is 378 g/mol. The van der Waals surface area contributed by atoms with Gasteiger partial charge in [0.15, 0.2) is 11.5 Å². The fraction of sp³-hybridized carbons (Fsp3) is 0.150. The second kappa shape index (κ2) is 6.65. The monoisotopic (exact) mass is 393 g/mol. The van der Waals surface area contributed by atoms with Crippen LogP contribution in [0.3, 0.4) is 0 Å². The summed E-state index contributed by atoms with van der Waals surface area (Å²) in [5.74, 6) is 1.11. The van der Waals surface area contributed by atoms with Crippen LogP contribution in [0.15, 0.2) is 53.6 Å². The molecule has 140 valence electrons. The highest BCUT2D eigenvalue weighted by molar-refractivity contribution is 7.25. The first-order valence-corrected chi connectivity index (χ1v) is 9.52. The molecule has 0 aliphatic carbocycles. The van der Waals surface area contributed by atoms with E-state index in [1.807, 2.05) is 42.5 Å². The molecule has 28 heavy (non-hydrogen) atoms. The van der Waals surface area contributed by atoms with E-state index in [0.717, 1.165) is 15.6 Å². The van der Waals surface area contributed by atoms with Gasteiger partial charge in [0.1, 0.15) is 11.2 Å². The van der Waals surface area contributed by atoms with E-state index in [4.69, 9.17) is 9.47 Å². The zero-order valence-electron chi connectivity index (χ0n) is 14.7. The van der Waals surface area contributed by atoms with Crippen LogP contribution in [0.25, 0.3) is 20.3 Å².